The molecule has 0 aliphatic rings. The van der Waals surface area contributed by atoms with Crippen LogP contribution in [0.15, 0.2) is 224 Å². The van der Waals surface area contributed by atoms with E-state index in [1.807, 2.05) is 0 Å². The van der Waals surface area contributed by atoms with Gasteiger partial charge >= 0.3 is 0 Å². The number of para-hydroxylation sites is 6. The van der Waals surface area contributed by atoms with E-state index in [0.717, 1.165) is 39.6 Å². The van der Waals surface area contributed by atoms with E-state index in [-0.39, 0.29) is 0 Å². The molecule has 0 bridgehead atoms. The van der Waals surface area contributed by atoms with Gasteiger partial charge in [-0.2, -0.15) is 0 Å². The Kier molecular flexibility index (Phi) is 7.82. The molecule has 0 aliphatic heterocycles. The summed E-state index contributed by atoms with van der Waals surface area (Å²) in [7, 11) is 0. The molecule has 0 saturated carbocycles. The minimum atomic E-state index is 1.09. The lowest BCUT2D eigenvalue weighted by molar-refractivity contribution is 1.18. The Balaban J connectivity index is 1.06. The van der Waals surface area contributed by atoms with E-state index in [2.05, 4.69) is 238 Å². The Morgan fingerprint density at radius 3 is 1.51 bits per heavy atom. The van der Waals surface area contributed by atoms with Crippen LogP contribution in [0, 0.1) is 0 Å². The van der Waals surface area contributed by atoms with Crippen molar-refractivity contribution in [3.63, 3.8) is 0 Å². The predicted molar refractivity (Wildman–Crippen MR) is 241 cm³/mol. The third-order valence-electron chi connectivity index (χ3n) is 11.3. The van der Waals surface area contributed by atoms with Crippen LogP contribution in [0.25, 0.3) is 77.2 Å². The highest BCUT2D eigenvalue weighted by molar-refractivity contribution is 6.16. The summed E-state index contributed by atoms with van der Waals surface area (Å²) in [6, 6.07) is 81.0. The molecule has 0 fully saturated rings. The van der Waals surface area contributed by atoms with Gasteiger partial charge in [0.2, 0.25) is 0 Å². The molecule has 11 aromatic rings. The normalized spacial score (nSPS) is 11.5. The van der Waals surface area contributed by atoms with E-state index in [1.165, 1.54) is 54.7 Å². The minimum absolute atomic E-state index is 1.09. The van der Waals surface area contributed by atoms with E-state index in [9.17, 15) is 0 Å². The smallest absolute Gasteiger partial charge is 0.0547 e. The average Bonchev–Trinajstić information content (AvgIpc) is 3.81. The Morgan fingerprint density at radius 2 is 0.789 bits per heavy atom. The first-order chi connectivity index (χ1) is 28.3. The number of benzene rings is 9. The van der Waals surface area contributed by atoms with Gasteiger partial charge in [-0.3, -0.25) is 0 Å². The van der Waals surface area contributed by atoms with Gasteiger partial charge in [0.15, 0.2) is 0 Å². The van der Waals surface area contributed by atoms with Crippen molar-refractivity contribution < 1.29 is 0 Å². The summed E-state index contributed by atoms with van der Waals surface area (Å²) in [5.74, 6) is 0. The van der Waals surface area contributed by atoms with Crippen LogP contribution in [0.3, 0.4) is 0 Å². The Morgan fingerprint density at radius 1 is 0.298 bits per heavy atom. The molecule has 2 heterocycles. The first-order valence-corrected chi connectivity index (χ1v) is 19.5. The zero-order valence-electron chi connectivity index (χ0n) is 31.2. The number of nitrogens with zero attached hydrogens (tertiary/aromatic N) is 3. The van der Waals surface area contributed by atoms with Crippen molar-refractivity contribution in [2.24, 2.45) is 0 Å². The zero-order chi connectivity index (χ0) is 37.7. The first kappa shape index (κ1) is 32.8. The van der Waals surface area contributed by atoms with Gasteiger partial charge in [0.05, 0.1) is 27.8 Å². The van der Waals surface area contributed by atoms with Crippen LogP contribution in [-0.4, -0.2) is 9.13 Å². The van der Waals surface area contributed by atoms with Crippen LogP contribution in [0.4, 0.5) is 17.1 Å². The Labute approximate surface area is 331 Å². The Bertz CT molecular complexity index is 3210. The molecule has 0 atom stereocenters. The Hall–Kier alpha value is -7.62. The van der Waals surface area contributed by atoms with Gasteiger partial charge in [-0.25, -0.2) is 0 Å². The largest absolute Gasteiger partial charge is 0.310 e. The third kappa shape index (κ3) is 5.43. The third-order valence-corrected chi connectivity index (χ3v) is 11.3. The molecule has 11 rings (SSSR count). The van der Waals surface area contributed by atoms with Crippen molar-refractivity contribution in [1.29, 1.82) is 0 Å². The van der Waals surface area contributed by atoms with Gasteiger partial charge in [-0.05, 0) is 95.6 Å². The monoisotopic (exact) mass is 727 g/mol. The maximum atomic E-state index is 2.39. The van der Waals surface area contributed by atoms with Crippen LogP contribution in [0.2, 0.25) is 0 Å². The van der Waals surface area contributed by atoms with Gasteiger partial charge in [-0.15, -0.1) is 0 Å². The fourth-order valence-corrected chi connectivity index (χ4v) is 8.82. The summed E-state index contributed by atoms with van der Waals surface area (Å²) < 4.78 is 4.77. The predicted octanol–water partition coefficient (Wildman–Crippen LogP) is 14.7. The number of anilines is 3. The van der Waals surface area contributed by atoms with Gasteiger partial charge in [0.1, 0.15) is 0 Å². The highest BCUT2D eigenvalue weighted by Crippen LogP contribution is 2.44. The number of aromatic nitrogens is 2. The highest BCUT2D eigenvalue weighted by atomic mass is 15.1. The molecule has 2 aromatic heterocycles. The minimum Gasteiger partial charge on any atom is -0.310 e. The SMILES string of the molecule is c1ccc(N(c2ccc(-c3cccc4c3c3ccccc3n4-c3ccccc3)cc2)c2ccccc2-c2ccc3c4ccccc4n(-c4ccccc4)c3c2)cc1. The van der Waals surface area contributed by atoms with Gasteiger partial charge in [-0.1, -0.05) is 146 Å². The molecule has 0 saturated heterocycles. The second-order valence-corrected chi connectivity index (χ2v) is 14.5. The number of rotatable bonds is 7. The van der Waals surface area contributed by atoms with Crippen molar-refractivity contribution in [3.8, 4) is 33.6 Å². The second kappa shape index (κ2) is 13.6. The van der Waals surface area contributed by atoms with E-state index in [4.69, 9.17) is 0 Å². The average molecular weight is 728 g/mol. The first-order valence-electron chi connectivity index (χ1n) is 19.5. The topological polar surface area (TPSA) is 13.1 Å². The van der Waals surface area contributed by atoms with Crippen LogP contribution >= 0.6 is 0 Å². The van der Waals surface area contributed by atoms with Crippen LogP contribution in [0.1, 0.15) is 0 Å². The molecule has 3 nitrogen and oxygen atoms in total. The van der Waals surface area contributed by atoms with E-state index >= 15 is 0 Å². The molecule has 9 aromatic carbocycles. The molecule has 0 spiro atoms. The fourth-order valence-electron chi connectivity index (χ4n) is 8.82. The summed E-state index contributed by atoms with van der Waals surface area (Å²) >= 11 is 0. The van der Waals surface area contributed by atoms with Gasteiger partial charge < -0.3 is 14.0 Å². The molecule has 57 heavy (non-hydrogen) atoms. The molecule has 0 aliphatic carbocycles. The van der Waals surface area contributed by atoms with Crippen LogP contribution in [0.5, 0.6) is 0 Å². The highest BCUT2D eigenvalue weighted by Gasteiger charge is 2.20. The van der Waals surface area contributed by atoms with Crippen molar-refractivity contribution in [2.45, 2.75) is 0 Å². The lowest BCUT2D eigenvalue weighted by Crippen LogP contribution is -2.11. The molecular formula is C54H37N3. The van der Waals surface area contributed by atoms with Crippen molar-refractivity contribution in [1.82, 2.24) is 9.13 Å². The quantitative estimate of drug-likeness (QED) is 0.159. The molecule has 0 N–H and O–H groups in total. The molecule has 0 amide bonds. The molecule has 3 heteroatoms. The fraction of sp³-hybridized carbons (Fsp3) is 0. The van der Waals surface area contributed by atoms with Crippen molar-refractivity contribution in [2.75, 3.05) is 4.90 Å². The lowest BCUT2D eigenvalue weighted by Gasteiger charge is -2.28. The van der Waals surface area contributed by atoms with Crippen LogP contribution < -0.4 is 4.90 Å². The summed E-state index contributed by atoms with van der Waals surface area (Å²) in [5, 5.41) is 5.01. The maximum Gasteiger partial charge on any atom is 0.0547 e. The molecule has 268 valence electrons. The summed E-state index contributed by atoms with van der Waals surface area (Å²) in [6.07, 6.45) is 0. The van der Waals surface area contributed by atoms with E-state index < -0.39 is 0 Å². The van der Waals surface area contributed by atoms with Gasteiger partial charge in [0, 0.05) is 49.9 Å². The second-order valence-electron chi connectivity index (χ2n) is 14.5. The molecule has 0 radical (unpaired) electrons. The lowest BCUT2D eigenvalue weighted by atomic mass is 9.98. The van der Waals surface area contributed by atoms with Crippen molar-refractivity contribution >= 4 is 60.7 Å². The number of hydrogen-bond donors (Lipinski definition) is 0. The van der Waals surface area contributed by atoms with Crippen molar-refractivity contribution in [3.05, 3.63) is 224 Å². The zero-order valence-corrected chi connectivity index (χ0v) is 31.2. The van der Waals surface area contributed by atoms with Crippen LogP contribution in [-0.2, 0) is 0 Å². The van der Waals surface area contributed by atoms with E-state index in [1.54, 1.807) is 0 Å². The molecule has 0 unspecified atom stereocenters. The summed E-state index contributed by atoms with van der Waals surface area (Å²) in [4.78, 5) is 2.39. The number of hydrogen-bond acceptors (Lipinski definition) is 1. The standard InChI is InChI=1S/C54H37N3/c1-4-17-40(18-5-1)55(43-34-31-38(32-35-43)45-26-16-30-52-54(45)48-25-12-15-29-51(48)56(52)41-19-6-2-7-20-41)49-27-13-10-23-44(49)39-33-36-47-46-24-11-14-28-50(46)57(53(47)37-39)42-21-8-3-9-22-42/h1-37H. The molecular weight excluding hydrogens is 691 g/mol. The number of fused-ring (bicyclic) bond motifs is 6. The summed E-state index contributed by atoms with van der Waals surface area (Å²) in [6.45, 7) is 0. The maximum absolute atomic E-state index is 2.39. The summed E-state index contributed by atoms with van der Waals surface area (Å²) in [5.41, 5.74) is 15.2. The van der Waals surface area contributed by atoms with E-state index in [0.29, 0.717) is 0 Å². The van der Waals surface area contributed by atoms with Gasteiger partial charge in [0.25, 0.3) is 0 Å².